The van der Waals surface area contributed by atoms with Gasteiger partial charge in [-0.05, 0) is 53.1 Å². The first-order valence-electron chi connectivity index (χ1n) is 12.1. The molecule has 0 radical (unpaired) electrons. The number of carbonyl (C=O) groups is 1. The van der Waals surface area contributed by atoms with Crippen molar-refractivity contribution in [1.82, 2.24) is 15.2 Å². The molecule has 6 rings (SSSR count). The normalized spacial score (nSPS) is 13.2. The van der Waals surface area contributed by atoms with Crippen molar-refractivity contribution in [1.29, 1.82) is 0 Å². The van der Waals surface area contributed by atoms with E-state index in [0.717, 1.165) is 28.2 Å². The first-order chi connectivity index (χ1) is 18.6. The van der Waals surface area contributed by atoms with Crippen LogP contribution >= 0.6 is 0 Å². The number of carbonyl (C=O) groups excluding carboxylic acids is 1. The van der Waals surface area contributed by atoms with Crippen LogP contribution in [0.15, 0.2) is 71.3 Å². The van der Waals surface area contributed by atoms with E-state index in [2.05, 4.69) is 15.2 Å². The minimum atomic E-state index is -0.373. The molecule has 9 nitrogen and oxygen atoms in total. The Morgan fingerprint density at radius 3 is 2.00 bits per heavy atom. The van der Waals surface area contributed by atoms with E-state index < -0.39 is 0 Å². The summed E-state index contributed by atoms with van der Waals surface area (Å²) in [4.78, 5) is 19.2. The number of hydrogen-bond donors (Lipinski definition) is 1. The van der Waals surface area contributed by atoms with Gasteiger partial charge in [-0.3, -0.25) is 9.69 Å². The third-order valence-electron chi connectivity index (χ3n) is 6.20. The van der Waals surface area contributed by atoms with Gasteiger partial charge in [0.25, 0.3) is 5.91 Å². The molecule has 10 heteroatoms. The smallest absolute Gasteiger partial charge is 0.273 e. The van der Waals surface area contributed by atoms with E-state index in [9.17, 15) is 9.18 Å². The lowest BCUT2D eigenvalue weighted by Crippen LogP contribution is -2.24. The van der Waals surface area contributed by atoms with Gasteiger partial charge in [-0.15, -0.1) is 0 Å². The van der Waals surface area contributed by atoms with Gasteiger partial charge in [-0.25, -0.2) is 9.37 Å². The van der Waals surface area contributed by atoms with E-state index in [4.69, 9.17) is 23.4 Å². The Morgan fingerprint density at radius 1 is 0.789 bits per heavy atom. The maximum Gasteiger partial charge on any atom is 0.273 e. The summed E-state index contributed by atoms with van der Waals surface area (Å²) in [6.45, 7) is 2.17. The van der Waals surface area contributed by atoms with Gasteiger partial charge in [0, 0.05) is 19.6 Å². The molecule has 0 aliphatic carbocycles. The molecule has 3 aromatic carbocycles. The number of hydrogen-bond acceptors (Lipinski definition) is 8. The standard InChI is InChI=1S/C28H24FN3O6/c29-21-5-1-18(2-6-21)11-30-28(33)22-15-34-27(31-22)14-32(12-19-3-7-23-25(9-19)37-16-35-23)13-20-4-8-24-26(10-20)38-17-36-24/h1-10,15H,11-14,16-17H2,(H,30,33). The van der Waals surface area contributed by atoms with Gasteiger partial charge in [0.2, 0.25) is 19.5 Å². The minimum Gasteiger partial charge on any atom is -0.454 e. The molecule has 0 bridgehead atoms. The predicted molar refractivity (Wildman–Crippen MR) is 132 cm³/mol. The fraction of sp³-hybridized carbons (Fsp3) is 0.214. The van der Waals surface area contributed by atoms with Crippen LogP contribution in [0, 0.1) is 5.82 Å². The van der Waals surface area contributed by atoms with Crippen molar-refractivity contribution in [3.05, 3.63) is 101 Å². The SMILES string of the molecule is O=C(NCc1ccc(F)cc1)c1coc(CN(Cc2ccc3c(c2)OCO3)Cc2ccc3c(c2)OCO3)n1. The lowest BCUT2D eigenvalue weighted by molar-refractivity contribution is 0.0945. The largest absolute Gasteiger partial charge is 0.454 e. The molecule has 0 saturated heterocycles. The first kappa shape index (κ1) is 23.8. The van der Waals surface area contributed by atoms with Gasteiger partial charge in [-0.1, -0.05) is 24.3 Å². The summed E-state index contributed by atoms with van der Waals surface area (Å²) in [5, 5.41) is 2.78. The van der Waals surface area contributed by atoms with Crippen LogP contribution in [0.3, 0.4) is 0 Å². The number of aromatic nitrogens is 1. The number of oxazole rings is 1. The lowest BCUT2D eigenvalue weighted by Gasteiger charge is -2.21. The first-order valence-corrected chi connectivity index (χ1v) is 12.1. The van der Waals surface area contributed by atoms with Crippen LogP contribution in [0.2, 0.25) is 0 Å². The average Bonchev–Trinajstić information content (AvgIpc) is 3.69. The fourth-order valence-corrected chi connectivity index (χ4v) is 4.32. The van der Waals surface area contributed by atoms with E-state index in [1.807, 2.05) is 36.4 Å². The van der Waals surface area contributed by atoms with Crippen LogP contribution in [-0.4, -0.2) is 29.4 Å². The van der Waals surface area contributed by atoms with Crippen LogP contribution < -0.4 is 24.3 Å². The van der Waals surface area contributed by atoms with Gasteiger partial charge in [0.05, 0.1) is 6.54 Å². The summed E-state index contributed by atoms with van der Waals surface area (Å²) in [7, 11) is 0. The van der Waals surface area contributed by atoms with Gasteiger partial charge in [-0.2, -0.15) is 0 Å². The molecule has 0 unspecified atom stereocenters. The molecule has 0 atom stereocenters. The van der Waals surface area contributed by atoms with Gasteiger partial charge in [0.1, 0.15) is 12.1 Å². The molecule has 38 heavy (non-hydrogen) atoms. The number of benzene rings is 3. The zero-order valence-electron chi connectivity index (χ0n) is 20.3. The Bertz CT molecular complexity index is 1400. The Kier molecular flexibility index (Phi) is 6.53. The van der Waals surface area contributed by atoms with E-state index in [0.29, 0.717) is 37.0 Å². The second-order valence-electron chi connectivity index (χ2n) is 8.96. The summed E-state index contributed by atoms with van der Waals surface area (Å²) < 4.78 is 40.7. The van der Waals surface area contributed by atoms with Crippen LogP contribution in [0.25, 0.3) is 0 Å². The number of nitrogens with zero attached hydrogens (tertiary/aromatic N) is 2. The maximum absolute atomic E-state index is 13.1. The molecule has 194 valence electrons. The third-order valence-corrected chi connectivity index (χ3v) is 6.20. The molecule has 0 saturated carbocycles. The highest BCUT2D eigenvalue weighted by atomic mass is 19.1. The molecule has 3 heterocycles. The molecule has 2 aliphatic rings. The van der Waals surface area contributed by atoms with Crippen molar-refractivity contribution in [3.8, 4) is 23.0 Å². The van der Waals surface area contributed by atoms with Gasteiger partial charge in [0.15, 0.2) is 28.7 Å². The number of ether oxygens (including phenoxy) is 4. The number of nitrogens with one attached hydrogen (secondary N) is 1. The Morgan fingerprint density at radius 2 is 1.37 bits per heavy atom. The number of amides is 1. The quantitative estimate of drug-likeness (QED) is 0.349. The highest BCUT2D eigenvalue weighted by Gasteiger charge is 2.20. The minimum absolute atomic E-state index is 0.174. The van der Waals surface area contributed by atoms with Crippen molar-refractivity contribution in [2.24, 2.45) is 0 Å². The molecule has 4 aromatic rings. The lowest BCUT2D eigenvalue weighted by atomic mass is 10.1. The summed E-state index contributed by atoms with van der Waals surface area (Å²) in [5.74, 6) is 2.57. The highest BCUT2D eigenvalue weighted by molar-refractivity contribution is 5.91. The summed E-state index contributed by atoms with van der Waals surface area (Å²) in [6, 6.07) is 17.6. The Balaban J connectivity index is 1.16. The molecule has 1 amide bonds. The molecule has 1 aromatic heterocycles. The number of rotatable bonds is 9. The third kappa shape index (κ3) is 5.40. The molecule has 1 N–H and O–H groups in total. The van der Waals surface area contributed by atoms with Crippen LogP contribution in [0.1, 0.15) is 33.1 Å². The Labute approximate surface area is 217 Å². The topological polar surface area (TPSA) is 95.3 Å². The fourth-order valence-electron chi connectivity index (χ4n) is 4.32. The van der Waals surface area contributed by atoms with Crippen molar-refractivity contribution in [2.45, 2.75) is 26.2 Å². The predicted octanol–water partition coefficient (Wildman–Crippen LogP) is 4.40. The molecular formula is C28H24FN3O6. The maximum atomic E-state index is 13.1. The number of fused-ring (bicyclic) bond motifs is 2. The monoisotopic (exact) mass is 517 g/mol. The average molecular weight is 518 g/mol. The van der Waals surface area contributed by atoms with E-state index in [-0.39, 0.29) is 37.5 Å². The molecule has 2 aliphatic heterocycles. The second-order valence-corrected chi connectivity index (χ2v) is 8.96. The van der Waals surface area contributed by atoms with E-state index in [1.54, 1.807) is 12.1 Å². The van der Waals surface area contributed by atoms with Crippen molar-refractivity contribution in [2.75, 3.05) is 13.6 Å². The summed E-state index contributed by atoms with van der Waals surface area (Å²) in [5.41, 5.74) is 3.01. The molecular weight excluding hydrogens is 493 g/mol. The zero-order chi connectivity index (χ0) is 25.9. The summed E-state index contributed by atoms with van der Waals surface area (Å²) in [6.07, 6.45) is 1.34. The van der Waals surface area contributed by atoms with Crippen LogP contribution in [0.4, 0.5) is 4.39 Å². The van der Waals surface area contributed by atoms with Crippen molar-refractivity contribution < 1.29 is 32.5 Å². The van der Waals surface area contributed by atoms with Gasteiger partial charge < -0.3 is 28.7 Å². The van der Waals surface area contributed by atoms with E-state index >= 15 is 0 Å². The molecule has 0 fully saturated rings. The zero-order valence-corrected chi connectivity index (χ0v) is 20.3. The highest BCUT2D eigenvalue weighted by Crippen LogP contribution is 2.34. The van der Waals surface area contributed by atoms with Crippen molar-refractivity contribution >= 4 is 5.91 Å². The van der Waals surface area contributed by atoms with Crippen molar-refractivity contribution in [3.63, 3.8) is 0 Å². The summed E-state index contributed by atoms with van der Waals surface area (Å²) >= 11 is 0. The molecule has 0 spiro atoms. The second kappa shape index (κ2) is 10.4. The van der Waals surface area contributed by atoms with Crippen LogP contribution in [0.5, 0.6) is 23.0 Å². The number of halogens is 1. The van der Waals surface area contributed by atoms with Crippen LogP contribution in [-0.2, 0) is 26.2 Å². The van der Waals surface area contributed by atoms with E-state index in [1.165, 1.54) is 18.4 Å². The van der Waals surface area contributed by atoms with Gasteiger partial charge >= 0.3 is 0 Å². The Hall–Kier alpha value is -4.57.